The molecule has 4 saturated heterocycles. The molecular weight excluding hydrogens is 480 g/mol. The van der Waals surface area contributed by atoms with E-state index in [0.717, 1.165) is 5.57 Å². The summed E-state index contributed by atoms with van der Waals surface area (Å²) in [6, 6.07) is 0. The zero-order valence-corrected chi connectivity index (χ0v) is 21.4. The summed E-state index contributed by atoms with van der Waals surface area (Å²) in [5.41, 5.74) is -7.09. The molecule has 4 bridgehead atoms. The topological polar surface area (TPSA) is 136 Å². The number of rotatable bonds is 0. The highest BCUT2D eigenvalue weighted by atomic mass is 16.7. The summed E-state index contributed by atoms with van der Waals surface area (Å²) in [6.45, 7) is 6.80. The minimum atomic E-state index is -2.39. The highest BCUT2D eigenvalue weighted by Gasteiger charge is 2.91. The number of hydrogen-bond acceptors (Lipinski definition) is 9. The number of allylic oxidation sites excluding steroid dienone is 4. The smallest absolute Gasteiger partial charge is 0.342 e. The van der Waals surface area contributed by atoms with Gasteiger partial charge < -0.3 is 24.4 Å². The zero-order valence-electron chi connectivity index (χ0n) is 21.4. The van der Waals surface area contributed by atoms with Gasteiger partial charge in [0.1, 0.15) is 6.10 Å². The SMILES string of the molecule is C[C@H]1C(=O)O[C@@H]2C[C@@]1(C)C1C(=O)[C@]3(O)O[C@@]14C(O)(CCC1C3CC=C3CC=CC(=O)[C@@]31C)C(=O)O[C@@]24C. The van der Waals surface area contributed by atoms with Gasteiger partial charge in [-0.1, -0.05) is 31.6 Å². The predicted octanol–water partition coefficient (Wildman–Crippen LogP) is 1.54. The molecule has 37 heavy (non-hydrogen) atoms. The van der Waals surface area contributed by atoms with E-state index in [-0.39, 0.29) is 25.0 Å². The van der Waals surface area contributed by atoms with Crippen LogP contribution in [0.1, 0.15) is 59.8 Å². The molecule has 4 aliphatic heterocycles. The van der Waals surface area contributed by atoms with Crippen molar-refractivity contribution in [3.8, 4) is 0 Å². The van der Waals surface area contributed by atoms with Crippen LogP contribution in [0.5, 0.6) is 0 Å². The average Bonchev–Trinajstić information content (AvgIpc) is 3.19. The van der Waals surface area contributed by atoms with E-state index < -0.39 is 80.9 Å². The van der Waals surface area contributed by atoms with E-state index in [1.54, 1.807) is 19.9 Å². The fraction of sp³-hybridized carbons (Fsp3) is 0.714. The number of hydrogen-bond donors (Lipinski definition) is 2. The van der Waals surface area contributed by atoms with Crippen molar-refractivity contribution in [3.63, 3.8) is 0 Å². The lowest BCUT2D eigenvalue weighted by atomic mass is 9.46. The minimum Gasteiger partial charge on any atom is -0.458 e. The summed E-state index contributed by atoms with van der Waals surface area (Å²) in [4.78, 5) is 54.5. The Morgan fingerprint density at radius 3 is 2.51 bits per heavy atom. The van der Waals surface area contributed by atoms with E-state index in [2.05, 4.69) is 0 Å². The molecule has 0 aromatic carbocycles. The van der Waals surface area contributed by atoms with Gasteiger partial charge in [0.05, 0.1) is 17.3 Å². The Kier molecular flexibility index (Phi) is 4.13. The lowest BCUT2D eigenvalue weighted by Gasteiger charge is -2.61. The number of esters is 2. The third kappa shape index (κ3) is 2.17. The van der Waals surface area contributed by atoms with Crippen molar-refractivity contribution in [2.45, 2.75) is 88.5 Å². The second kappa shape index (κ2) is 6.43. The molecule has 0 amide bonds. The van der Waals surface area contributed by atoms with Crippen molar-refractivity contribution in [1.82, 2.24) is 0 Å². The molecule has 0 aromatic heterocycles. The molecule has 4 unspecified atom stereocenters. The van der Waals surface area contributed by atoms with Crippen LogP contribution in [0.25, 0.3) is 0 Å². The first-order valence-electron chi connectivity index (χ1n) is 13.3. The molecule has 7 aliphatic rings. The summed E-state index contributed by atoms with van der Waals surface area (Å²) in [5, 5.41) is 24.6. The van der Waals surface area contributed by atoms with Crippen LogP contribution in [0.15, 0.2) is 23.8 Å². The van der Waals surface area contributed by atoms with Crippen LogP contribution in [0, 0.1) is 34.5 Å². The van der Waals surface area contributed by atoms with Crippen molar-refractivity contribution in [1.29, 1.82) is 0 Å². The molecule has 2 N–H and O–H groups in total. The lowest BCUT2D eigenvalue weighted by molar-refractivity contribution is -0.346. The number of carbonyl (C=O) groups excluding carboxylic acids is 4. The van der Waals surface area contributed by atoms with Crippen LogP contribution in [0.4, 0.5) is 0 Å². The van der Waals surface area contributed by atoms with E-state index in [1.165, 1.54) is 13.0 Å². The maximum atomic E-state index is 14.6. The molecule has 9 nitrogen and oxygen atoms in total. The van der Waals surface area contributed by atoms with Crippen LogP contribution < -0.4 is 0 Å². The molecule has 0 radical (unpaired) electrons. The Balaban J connectivity index is 1.50. The fourth-order valence-electron chi connectivity index (χ4n) is 9.47. The monoisotopic (exact) mass is 512 g/mol. The predicted molar refractivity (Wildman–Crippen MR) is 124 cm³/mol. The van der Waals surface area contributed by atoms with Gasteiger partial charge in [-0.25, -0.2) is 4.79 Å². The number of aliphatic hydroxyl groups is 2. The van der Waals surface area contributed by atoms with Crippen molar-refractivity contribution in [2.75, 3.05) is 0 Å². The highest BCUT2D eigenvalue weighted by molar-refractivity contribution is 6.00. The molecule has 9 heteroatoms. The van der Waals surface area contributed by atoms with Crippen molar-refractivity contribution >= 4 is 23.5 Å². The second-order valence-corrected chi connectivity index (χ2v) is 12.9. The molecule has 1 saturated carbocycles. The molecule has 7 rings (SSSR count). The first-order valence-corrected chi connectivity index (χ1v) is 13.3. The van der Waals surface area contributed by atoms with Crippen LogP contribution in [0.3, 0.4) is 0 Å². The van der Waals surface area contributed by atoms with Gasteiger partial charge in [-0.2, -0.15) is 0 Å². The Hall–Kier alpha value is -2.36. The maximum Gasteiger partial charge on any atom is 0.342 e. The number of fused-ring (bicyclic) bond motifs is 9. The molecule has 4 heterocycles. The maximum absolute atomic E-state index is 14.6. The third-order valence-corrected chi connectivity index (χ3v) is 11.8. The summed E-state index contributed by atoms with van der Waals surface area (Å²) >= 11 is 0. The quantitative estimate of drug-likeness (QED) is 0.366. The van der Waals surface area contributed by atoms with E-state index in [0.29, 0.717) is 12.8 Å². The summed E-state index contributed by atoms with van der Waals surface area (Å²) in [7, 11) is 0. The highest BCUT2D eigenvalue weighted by Crippen LogP contribution is 2.73. The number of ether oxygens (including phenoxy) is 3. The molecule has 0 aromatic rings. The van der Waals surface area contributed by atoms with Gasteiger partial charge in [0, 0.05) is 5.92 Å². The second-order valence-electron chi connectivity index (χ2n) is 12.9. The fourth-order valence-corrected chi connectivity index (χ4v) is 9.47. The van der Waals surface area contributed by atoms with E-state index in [4.69, 9.17) is 14.2 Å². The van der Waals surface area contributed by atoms with Gasteiger partial charge in [-0.3, -0.25) is 14.4 Å². The Morgan fingerprint density at radius 1 is 1.05 bits per heavy atom. The van der Waals surface area contributed by atoms with Crippen LogP contribution in [-0.4, -0.2) is 62.4 Å². The summed E-state index contributed by atoms with van der Waals surface area (Å²) in [6.07, 6.45) is 5.49. The molecule has 11 atom stereocenters. The van der Waals surface area contributed by atoms with Crippen molar-refractivity contribution in [2.24, 2.45) is 34.5 Å². The Bertz CT molecular complexity index is 1270. The van der Waals surface area contributed by atoms with Crippen molar-refractivity contribution in [3.05, 3.63) is 23.8 Å². The zero-order chi connectivity index (χ0) is 26.6. The Labute approximate surface area is 214 Å². The largest absolute Gasteiger partial charge is 0.458 e. The standard InChI is InChI=1S/C28H32O9/c1-13-21(31)35-18-12-23(13,2)19-20(30)27(34)16-9-8-14-6-5-7-17(29)24(14,3)15(16)10-11-26(33)22(32)36-25(18,4)28(19,26)37-27/h5,7-8,13,15-16,18-19,33-34H,6,9-12H2,1-4H3/t13-,15?,16?,18+,19?,23+,24-,25-,26?,27+,28-/m0/s1. The van der Waals surface area contributed by atoms with E-state index in [9.17, 15) is 29.4 Å². The first kappa shape index (κ1) is 23.7. The summed E-state index contributed by atoms with van der Waals surface area (Å²) < 4.78 is 18.1. The Morgan fingerprint density at radius 2 is 1.78 bits per heavy atom. The lowest BCUT2D eigenvalue weighted by Crippen LogP contribution is -2.78. The van der Waals surface area contributed by atoms with Crippen molar-refractivity contribution < 1.29 is 43.6 Å². The van der Waals surface area contributed by atoms with E-state index in [1.807, 2.05) is 13.0 Å². The number of ketones is 2. The van der Waals surface area contributed by atoms with Gasteiger partial charge in [-0.15, -0.1) is 0 Å². The third-order valence-electron chi connectivity index (χ3n) is 11.8. The van der Waals surface area contributed by atoms with Crippen LogP contribution >= 0.6 is 0 Å². The molecule has 1 spiro atoms. The van der Waals surface area contributed by atoms with Gasteiger partial charge in [-0.05, 0) is 63.4 Å². The molecule has 3 aliphatic carbocycles. The molecule has 198 valence electrons. The van der Waals surface area contributed by atoms with Gasteiger partial charge in [0.25, 0.3) is 0 Å². The van der Waals surface area contributed by atoms with Gasteiger partial charge >= 0.3 is 11.9 Å². The van der Waals surface area contributed by atoms with Gasteiger partial charge in [0.15, 0.2) is 28.4 Å². The molecular formula is C28H32O9. The minimum absolute atomic E-state index is 0.118. The van der Waals surface area contributed by atoms with E-state index >= 15 is 0 Å². The van der Waals surface area contributed by atoms with Crippen LogP contribution in [-0.2, 0) is 33.4 Å². The molecule has 5 fully saturated rings. The normalized spacial score (nSPS) is 57.4. The number of Topliss-reactive ketones (excluding diaryl/α,β-unsaturated/α-hetero) is 1. The number of carbonyl (C=O) groups is 4. The van der Waals surface area contributed by atoms with Gasteiger partial charge in [0.2, 0.25) is 5.79 Å². The van der Waals surface area contributed by atoms with Crippen LogP contribution in [0.2, 0.25) is 0 Å². The first-order chi connectivity index (χ1) is 17.2. The summed E-state index contributed by atoms with van der Waals surface area (Å²) in [5.74, 6) is -7.97. The average molecular weight is 513 g/mol.